The summed E-state index contributed by atoms with van der Waals surface area (Å²) in [6, 6.07) is 8.02. The first kappa shape index (κ1) is 13.5. The van der Waals surface area contributed by atoms with Crippen molar-refractivity contribution in [2.45, 2.75) is 32.9 Å². The van der Waals surface area contributed by atoms with Crippen LogP contribution in [0.5, 0.6) is 0 Å². The summed E-state index contributed by atoms with van der Waals surface area (Å²) in [5.41, 5.74) is 2.38. The van der Waals surface area contributed by atoms with Crippen LogP contribution in [0, 0.1) is 0 Å². The molecular formula is C13H20N2O2S. The largest absolute Gasteiger partial charge is 0.282 e. The van der Waals surface area contributed by atoms with Crippen LogP contribution in [0.4, 0.5) is 0 Å². The van der Waals surface area contributed by atoms with Gasteiger partial charge in [-0.3, -0.25) is 0 Å². The topological polar surface area (TPSA) is 40.6 Å². The summed E-state index contributed by atoms with van der Waals surface area (Å²) in [5, 5.41) is 0. The molecule has 0 bridgehead atoms. The summed E-state index contributed by atoms with van der Waals surface area (Å²) in [5.74, 6) is 0. The van der Waals surface area contributed by atoms with Gasteiger partial charge in [-0.15, -0.1) is 0 Å². The highest BCUT2D eigenvalue weighted by Crippen LogP contribution is 2.22. The van der Waals surface area contributed by atoms with Crippen LogP contribution in [0.1, 0.15) is 25.0 Å². The minimum atomic E-state index is -3.34. The van der Waals surface area contributed by atoms with Crippen LogP contribution >= 0.6 is 0 Å². The lowest BCUT2D eigenvalue weighted by Gasteiger charge is -2.32. The van der Waals surface area contributed by atoms with Crippen molar-refractivity contribution in [1.82, 2.24) is 8.61 Å². The fourth-order valence-electron chi connectivity index (χ4n) is 2.12. The van der Waals surface area contributed by atoms with Crippen molar-refractivity contribution in [1.29, 1.82) is 0 Å². The van der Waals surface area contributed by atoms with Crippen LogP contribution in [0.3, 0.4) is 0 Å². The highest BCUT2D eigenvalue weighted by Gasteiger charge is 2.31. The van der Waals surface area contributed by atoms with E-state index in [1.165, 1.54) is 9.87 Å². The molecule has 5 heteroatoms. The Kier molecular flexibility index (Phi) is 3.75. The van der Waals surface area contributed by atoms with Crippen molar-refractivity contribution in [3.63, 3.8) is 0 Å². The smallest absolute Gasteiger partial charge is 0.195 e. The molecule has 18 heavy (non-hydrogen) atoms. The maximum atomic E-state index is 12.4. The minimum Gasteiger partial charge on any atom is -0.195 e. The van der Waals surface area contributed by atoms with E-state index < -0.39 is 10.2 Å². The summed E-state index contributed by atoms with van der Waals surface area (Å²) >= 11 is 0. The summed E-state index contributed by atoms with van der Waals surface area (Å²) in [4.78, 5) is 0. The Morgan fingerprint density at radius 1 is 1.22 bits per heavy atom. The summed E-state index contributed by atoms with van der Waals surface area (Å²) in [6.07, 6.45) is 0.793. The van der Waals surface area contributed by atoms with Gasteiger partial charge in [-0.25, -0.2) is 0 Å². The number of benzene rings is 1. The third kappa shape index (κ3) is 2.43. The second-order valence-electron chi connectivity index (χ2n) is 4.97. The third-order valence-corrected chi connectivity index (χ3v) is 5.63. The molecule has 1 aliphatic rings. The molecule has 1 aromatic carbocycles. The van der Waals surface area contributed by atoms with E-state index in [-0.39, 0.29) is 6.04 Å². The maximum absolute atomic E-state index is 12.4. The monoisotopic (exact) mass is 268 g/mol. The molecule has 100 valence electrons. The third-order valence-electron chi connectivity index (χ3n) is 3.51. The molecule has 1 aromatic rings. The van der Waals surface area contributed by atoms with Crippen molar-refractivity contribution >= 4 is 10.2 Å². The molecule has 0 atom stereocenters. The molecule has 0 fully saturated rings. The van der Waals surface area contributed by atoms with E-state index in [9.17, 15) is 8.42 Å². The maximum Gasteiger partial charge on any atom is 0.282 e. The lowest BCUT2D eigenvalue weighted by Crippen LogP contribution is -2.46. The molecule has 0 radical (unpaired) electrons. The zero-order valence-corrected chi connectivity index (χ0v) is 11.9. The van der Waals surface area contributed by atoms with Gasteiger partial charge in [0.1, 0.15) is 0 Å². The minimum absolute atomic E-state index is 0.0211. The van der Waals surface area contributed by atoms with E-state index in [1.54, 1.807) is 11.4 Å². The van der Waals surface area contributed by atoms with Gasteiger partial charge >= 0.3 is 0 Å². The fraction of sp³-hybridized carbons (Fsp3) is 0.538. The van der Waals surface area contributed by atoms with E-state index in [2.05, 4.69) is 6.07 Å². The summed E-state index contributed by atoms with van der Waals surface area (Å²) < 4.78 is 27.8. The van der Waals surface area contributed by atoms with E-state index in [1.807, 2.05) is 32.0 Å². The summed E-state index contributed by atoms with van der Waals surface area (Å²) in [6.45, 7) is 4.82. The van der Waals surface area contributed by atoms with E-state index in [4.69, 9.17) is 0 Å². The first-order chi connectivity index (χ1) is 8.43. The van der Waals surface area contributed by atoms with E-state index in [0.29, 0.717) is 13.1 Å². The van der Waals surface area contributed by atoms with Crippen molar-refractivity contribution in [2.75, 3.05) is 13.6 Å². The molecule has 1 heterocycles. The molecule has 1 aliphatic heterocycles. The molecule has 0 aliphatic carbocycles. The average Bonchev–Trinajstić information content (AvgIpc) is 2.37. The van der Waals surface area contributed by atoms with E-state index in [0.717, 1.165) is 12.0 Å². The molecule has 0 saturated carbocycles. The van der Waals surface area contributed by atoms with Crippen molar-refractivity contribution < 1.29 is 8.42 Å². The van der Waals surface area contributed by atoms with Crippen LogP contribution in [0.15, 0.2) is 24.3 Å². The standard InChI is InChI=1S/C13H20N2O2S/c1-11(2)14(3)18(16,17)15-9-8-12-6-4-5-7-13(12)10-15/h4-7,11H,8-10H2,1-3H3. The Labute approximate surface area is 109 Å². The SMILES string of the molecule is CC(C)N(C)S(=O)(=O)N1CCc2ccccc2C1. The predicted octanol–water partition coefficient (Wildman–Crippen LogP) is 1.63. The molecule has 0 amide bonds. The van der Waals surface area contributed by atoms with Crippen LogP contribution in [0.2, 0.25) is 0 Å². The quantitative estimate of drug-likeness (QED) is 0.836. The molecule has 0 unspecified atom stereocenters. The van der Waals surface area contributed by atoms with Crippen LogP contribution in [-0.4, -0.2) is 36.7 Å². The second-order valence-corrected chi connectivity index (χ2v) is 6.96. The normalized spacial score (nSPS) is 17.2. The molecule has 4 nitrogen and oxygen atoms in total. The van der Waals surface area contributed by atoms with Gasteiger partial charge in [0.05, 0.1) is 0 Å². The van der Waals surface area contributed by atoms with Gasteiger partial charge in [0.15, 0.2) is 0 Å². The average molecular weight is 268 g/mol. The van der Waals surface area contributed by atoms with Gasteiger partial charge in [0.25, 0.3) is 10.2 Å². The number of nitrogens with zero attached hydrogens (tertiary/aromatic N) is 2. The number of hydrogen-bond acceptors (Lipinski definition) is 2. The lowest BCUT2D eigenvalue weighted by molar-refractivity contribution is 0.323. The summed E-state index contributed by atoms with van der Waals surface area (Å²) in [7, 11) is -1.70. The molecule has 0 aromatic heterocycles. The lowest BCUT2D eigenvalue weighted by atomic mass is 10.0. The van der Waals surface area contributed by atoms with Gasteiger partial charge in [-0.05, 0) is 31.4 Å². The van der Waals surface area contributed by atoms with Gasteiger partial charge < -0.3 is 0 Å². The Balaban J connectivity index is 2.23. The first-order valence-corrected chi connectivity index (χ1v) is 7.62. The van der Waals surface area contributed by atoms with Crippen molar-refractivity contribution in [3.05, 3.63) is 35.4 Å². The highest BCUT2D eigenvalue weighted by atomic mass is 32.2. The molecular weight excluding hydrogens is 248 g/mol. The Morgan fingerprint density at radius 2 is 1.83 bits per heavy atom. The Bertz CT molecular complexity index is 526. The number of hydrogen-bond donors (Lipinski definition) is 0. The predicted molar refractivity (Wildman–Crippen MR) is 72.4 cm³/mol. The fourth-order valence-corrected chi connectivity index (χ4v) is 3.64. The molecule has 0 N–H and O–H groups in total. The van der Waals surface area contributed by atoms with Crippen LogP contribution < -0.4 is 0 Å². The van der Waals surface area contributed by atoms with Gasteiger partial charge in [0.2, 0.25) is 0 Å². The van der Waals surface area contributed by atoms with Crippen LogP contribution in [0.25, 0.3) is 0 Å². The van der Waals surface area contributed by atoms with Gasteiger partial charge in [-0.1, -0.05) is 24.3 Å². The van der Waals surface area contributed by atoms with Gasteiger partial charge in [-0.2, -0.15) is 17.0 Å². The molecule has 0 spiro atoms. The molecule has 0 saturated heterocycles. The van der Waals surface area contributed by atoms with Crippen molar-refractivity contribution in [3.8, 4) is 0 Å². The highest BCUT2D eigenvalue weighted by molar-refractivity contribution is 7.86. The van der Waals surface area contributed by atoms with Crippen molar-refractivity contribution in [2.24, 2.45) is 0 Å². The second kappa shape index (κ2) is 4.99. The molecule has 2 rings (SSSR count). The zero-order chi connectivity index (χ0) is 13.3. The Hall–Kier alpha value is -0.910. The zero-order valence-electron chi connectivity index (χ0n) is 11.1. The van der Waals surface area contributed by atoms with Gasteiger partial charge in [0, 0.05) is 26.2 Å². The first-order valence-electron chi connectivity index (χ1n) is 6.23. The number of fused-ring (bicyclic) bond motifs is 1. The van der Waals surface area contributed by atoms with E-state index >= 15 is 0 Å². The Morgan fingerprint density at radius 3 is 2.44 bits per heavy atom. The van der Waals surface area contributed by atoms with Crippen LogP contribution in [-0.2, 0) is 23.2 Å². The number of rotatable bonds is 3.